The van der Waals surface area contributed by atoms with E-state index in [-0.39, 0.29) is 22.5 Å². The Morgan fingerprint density at radius 3 is 2.29 bits per heavy atom. The maximum Gasteiger partial charge on any atom is 0.409 e. The fourth-order valence-corrected chi connectivity index (χ4v) is 4.35. The molecule has 0 radical (unpaired) electrons. The third-order valence-corrected chi connectivity index (χ3v) is 6.62. The molecular weight excluding hydrogens is 516 g/mol. The maximum atomic E-state index is 13.3. The maximum absolute atomic E-state index is 13.3. The van der Waals surface area contributed by atoms with E-state index in [2.05, 4.69) is 5.43 Å². The predicted octanol–water partition coefficient (Wildman–Crippen LogP) is 5.11. The molecule has 1 amide bonds. The summed E-state index contributed by atoms with van der Waals surface area (Å²) in [4.78, 5) is 16.3. The number of alkyl halides is 3. The zero-order chi connectivity index (χ0) is 24.5. The Balaban J connectivity index is 1.39. The number of carbonyl (C=O) groups is 1. The number of amides is 1. The van der Waals surface area contributed by atoms with Crippen molar-refractivity contribution in [2.75, 3.05) is 42.7 Å². The van der Waals surface area contributed by atoms with Crippen LogP contribution in [0, 0.1) is 0 Å². The fourth-order valence-electron chi connectivity index (χ4n) is 3.72. The summed E-state index contributed by atoms with van der Waals surface area (Å²) in [6.07, 6.45) is -3.66. The summed E-state index contributed by atoms with van der Waals surface area (Å²) in [5.41, 5.74) is 3.39. The van der Waals surface area contributed by atoms with Crippen molar-refractivity contribution in [1.29, 1.82) is 0 Å². The smallest absolute Gasteiger partial charge is 0.409 e. The molecule has 0 saturated carbocycles. The molecule has 6 nitrogen and oxygen atoms in total. The van der Waals surface area contributed by atoms with E-state index < -0.39 is 18.8 Å². The highest BCUT2D eigenvalue weighted by molar-refractivity contribution is 6.43. The summed E-state index contributed by atoms with van der Waals surface area (Å²) in [7, 11) is 0. The first kappa shape index (κ1) is 24.8. The van der Waals surface area contributed by atoms with Crippen LogP contribution in [-0.4, -0.2) is 55.8 Å². The van der Waals surface area contributed by atoms with E-state index >= 15 is 0 Å². The number of para-hydroxylation sites is 1. The molecule has 12 heteroatoms. The molecular formula is C22H20Cl3F3N4O2. The Morgan fingerprint density at radius 2 is 1.62 bits per heavy atom. The van der Waals surface area contributed by atoms with Gasteiger partial charge in [-0.1, -0.05) is 53.0 Å². The normalized spacial score (nSPS) is 18.8. The second-order valence-corrected chi connectivity index (χ2v) is 8.86. The molecule has 1 fully saturated rings. The van der Waals surface area contributed by atoms with Crippen LogP contribution < -0.4 is 15.3 Å². The van der Waals surface area contributed by atoms with Crippen molar-refractivity contribution in [1.82, 2.24) is 10.3 Å². The molecule has 182 valence electrons. The molecule has 0 aromatic heterocycles. The number of piperazine rings is 1. The summed E-state index contributed by atoms with van der Waals surface area (Å²) in [5, 5.41) is 2.23. The SMILES string of the molecule is O=C(COC1=CC(C(F)(F)F)NN1c1ccccc1Cl)N1CCN(c2cccc(Cl)c2Cl)CC1. The number of carbonyl (C=O) groups excluding carboxylic acids is 1. The van der Waals surface area contributed by atoms with E-state index in [1.807, 2.05) is 11.0 Å². The van der Waals surface area contributed by atoms with Crippen LogP contribution >= 0.6 is 34.8 Å². The van der Waals surface area contributed by atoms with Crippen molar-refractivity contribution in [3.8, 4) is 0 Å². The minimum atomic E-state index is -4.55. The van der Waals surface area contributed by atoms with E-state index in [0.29, 0.717) is 36.2 Å². The number of hydrogen-bond acceptors (Lipinski definition) is 5. The summed E-state index contributed by atoms with van der Waals surface area (Å²) in [6, 6.07) is 9.78. The zero-order valence-corrected chi connectivity index (χ0v) is 19.9. The number of hydrazine groups is 1. The van der Waals surface area contributed by atoms with Crippen molar-refractivity contribution < 1.29 is 22.7 Å². The molecule has 2 aliphatic rings. The van der Waals surface area contributed by atoms with Crippen LogP contribution in [-0.2, 0) is 9.53 Å². The number of halogens is 6. The van der Waals surface area contributed by atoms with Gasteiger partial charge in [0, 0.05) is 32.3 Å². The highest BCUT2D eigenvalue weighted by Gasteiger charge is 2.44. The van der Waals surface area contributed by atoms with Crippen LogP contribution in [0.5, 0.6) is 0 Å². The predicted molar refractivity (Wildman–Crippen MR) is 126 cm³/mol. The van der Waals surface area contributed by atoms with Gasteiger partial charge in [0.25, 0.3) is 5.91 Å². The summed E-state index contributed by atoms with van der Waals surface area (Å²) < 4.78 is 45.5. The average molecular weight is 536 g/mol. The highest BCUT2D eigenvalue weighted by Crippen LogP contribution is 2.35. The van der Waals surface area contributed by atoms with Gasteiger partial charge in [0.05, 0.1) is 26.4 Å². The van der Waals surface area contributed by atoms with Crippen molar-refractivity contribution in [3.63, 3.8) is 0 Å². The number of rotatable bonds is 5. The molecule has 1 saturated heterocycles. The van der Waals surface area contributed by atoms with Gasteiger partial charge in [0.2, 0.25) is 5.88 Å². The van der Waals surface area contributed by atoms with E-state index in [4.69, 9.17) is 39.5 Å². The summed E-state index contributed by atoms with van der Waals surface area (Å²) in [6.45, 7) is 1.44. The van der Waals surface area contributed by atoms with Crippen molar-refractivity contribution >= 4 is 52.1 Å². The van der Waals surface area contributed by atoms with E-state index in [1.54, 1.807) is 41.3 Å². The lowest BCUT2D eigenvalue weighted by atomic mass is 10.2. The second-order valence-electron chi connectivity index (χ2n) is 7.67. The third-order valence-electron chi connectivity index (χ3n) is 5.49. The van der Waals surface area contributed by atoms with Gasteiger partial charge in [-0.3, -0.25) is 4.79 Å². The average Bonchev–Trinajstić information content (AvgIpc) is 3.24. The monoisotopic (exact) mass is 534 g/mol. The van der Waals surface area contributed by atoms with Gasteiger partial charge in [-0.2, -0.15) is 13.2 Å². The molecule has 0 aliphatic carbocycles. The molecule has 1 N–H and O–H groups in total. The fraction of sp³-hybridized carbons (Fsp3) is 0.318. The number of anilines is 2. The van der Waals surface area contributed by atoms with Gasteiger partial charge in [0.15, 0.2) is 6.61 Å². The number of nitrogens with one attached hydrogen (secondary N) is 1. The van der Waals surface area contributed by atoms with Crippen LogP contribution in [0.2, 0.25) is 15.1 Å². The van der Waals surface area contributed by atoms with Crippen molar-refractivity contribution in [3.05, 3.63) is 69.5 Å². The lowest BCUT2D eigenvalue weighted by Crippen LogP contribution is -2.50. The molecule has 34 heavy (non-hydrogen) atoms. The Hall–Kier alpha value is -2.33. The molecule has 2 aliphatic heterocycles. The summed E-state index contributed by atoms with van der Waals surface area (Å²) >= 11 is 18.5. The van der Waals surface area contributed by atoms with Gasteiger partial charge in [0.1, 0.15) is 6.04 Å². The van der Waals surface area contributed by atoms with Crippen LogP contribution in [0.4, 0.5) is 24.5 Å². The Kier molecular flexibility index (Phi) is 7.37. The van der Waals surface area contributed by atoms with Crippen LogP contribution in [0.25, 0.3) is 0 Å². The molecule has 1 atom stereocenters. The second kappa shape index (κ2) is 10.1. The Labute approximate surface area is 209 Å². The topological polar surface area (TPSA) is 48.1 Å². The standard InChI is InChI=1S/C22H20Cl3F3N4O2/c23-14-4-1-2-6-16(14)32-20(12-18(29-32)22(26,27)28)34-13-19(33)31-10-8-30(9-11-31)17-7-3-5-15(24)21(17)25/h1-7,12,18,29H,8-11,13H2. The van der Waals surface area contributed by atoms with Crippen LogP contribution in [0.15, 0.2) is 54.4 Å². The number of hydrogen-bond donors (Lipinski definition) is 1. The Bertz CT molecular complexity index is 1090. The van der Waals surface area contributed by atoms with Gasteiger partial charge in [-0.25, -0.2) is 10.4 Å². The van der Waals surface area contributed by atoms with E-state index in [9.17, 15) is 18.0 Å². The molecule has 4 rings (SSSR count). The number of nitrogens with zero attached hydrogens (tertiary/aromatic N) is 3. The minimum Gasteiger partial charge on any atom is -0.468 e. The van der Waals surface area contributed by atoms with E-state index in [0.717, 1.165) is 16.8 Å². The Morgan fingerprint density at radius 1 is 0.971 bits per heavy atom. The summed E-state index contributed by atoms with van der Waals surface area (Å²) in [5.74, 6) is -0.486. The molecule has 1 unspecified atom stereocenters. The van der Waals surface area contributed by atoms with Crippen molar-refractivity contribution in [2.24, 2.45) is 0 Å². The van der Waals surface area contributed by atoms with Crippen LogP contribution in [0.3, 0.4) is 0 Å². The number of ether oxygens (including phenoxy) is 1. The van der Waals surface area contributed by atoms with Gasteiger partial charge >= 0.3 is 6.18 Å². The molecule has 2 heterocycles. The molecule has 0 spiro atoms. The molecule has 0 bridgehead atoms. The lowest BCUT2D eigenvalue weighted by Gasteiger charge is -2.36. The van der Waals surface area contributed by atoms with Crippen molar-refractivity contribution in [2.45, 2.75) is 12.2 Å². The first-order valence-corrected chi connectivity index (χ1v) is 11.5. The number of benzene rings is 2. The van der Waals surface area contributed by atoms with E-state index in [1.165, 1.54) is 0 Å². The first-order valence-electron chi connectivity index (χ1n) is 10.3. The first-order chi connectivity index (χ1) is 16.1. The lowest BCUT2D eigenvalue weighted by molar-refractivity contribution is -0.142. The third kappa shape index (κ3) is 5.33. The quantitative estimate of drug-likeness (QED) is 0.577. The van der Waals surface area contributed by atoms with Crippen LogP contribution in [0.1, 0.15) is 0 Å². The highest BCUT2D eigenvalue weighted by atomic mass is 35.5. The minimum absolute atomic E-state index is 0.145. The molecule has 2 aromatic carbocycles. The largest absolute Gasteiger partial charge is 0.468 e. The van der Waals surface area contributed by atoms with Gasteiger partial charge in [-0.05, 0) is 24.3 Å². The zero-order valence-electron chi connectivity index (χ0n) is 17.7. The van der Waals surface area contributed by atoms with Gasteiger partial charge < -0.3 is 14.5 Å². The molecule has 2 aromatic rings. The van der Waals surface area contributed by atoms with Gasteiger partial charge in [-0.15, -0.1) is 0 Å².